The molecule has 0 heterocycles. The number of carbonyl (C=O) groups excluding carboxylic acids is 1. The fourth-order valence-electron chi connectivity index (χ4n) is 1.67. The van der Waals surface area contributed by atoms with E-state index in [1.807, 2.05) is 5.32 Å². The first-order valence-corrected chi connectivity index (χ1v) is 8.39. The molecule has 15 heteroatoms. The van der Waals surface area contributed by atoms with Crippen molar-refractivity contribution in [2.24, 2.45) is 0 Å². The van der Waals surface area contributed by atoms with Gasteiger partial charge < -0.3 is 20.3 Å². The summed E-state index contributed by atoms with van der Waals surface area (Å²) < 4.78 is 75.0. The Labute approximate surface area is 167 Å². The zero-order chi connectivity index (χ0) is 24.3. The van der Waals surface area contributed by atoms with E-state index in [4.69, 9.17) is 9.84 Å². The number of ether oxygens (including phenoxy) is 1. The summed E-state index contributed by atoms with van der Waals surface area (Å²) in [5, 5.41) is 29.4. The van der Waals surface area contributed by atoms with Gasteiger partial charge in [0.1, 0.15) is 5.60 Å². The second-order valence-electron chi connectivity index (χ2n) is 6.96. The van der Waals surface area contributed by atoms with Crippen LogP contribution in [0.3, 0.4) is 0 Å². The number of aliphatic hydroxyl groups is 1. The van der Waals surface area contributed by atoms with Gasteiger partial charge in [0, 0.05) is 24.2 Å². The Morgan fingerprint density at radius 2 is 1.53 bits per heavy atom. The van der Waals surface area contributed by atoms with E-state index >= 15 is 0 Å². The average Bonchev–Trinajstić information content (AvgIpc) is 2.46. The van der Waals surface area contributed by atoms with Crippen molar-refractivity contribution >= 4 is 12.1 Å². The number of amides is 1. The average molecular weight is 458 g/mol. The molecular weight excluding hydrogens is 434 g/mol. The van der Waals surface area contributed by atoms with Gasteiger partial charge in [-0.15, -0.1) is 0 Å². The Kier molecular flexibility index (Phi) is 12.3. The number of carbonyl (C=O) groups is 2. The number of nitro groups is 1. The Morgan fingerprint density at radius 3 is 1.87 bits per heavy atom. The molecular formula is C15H24F6N2O7. The SMILES string of the molecule is CC(C)(C)OC(=O)NC(CCC(F)(F)F)C(O)C(=O)O.O=[N+]([O-])CCCC(F)(F)F. The molecule has 0 saturated carbocycles. The second-order valence-corrected chi connectivity index (χ2v) is 6.96. The minimum atomic E-state index is -4.52. The maximum Gasteiger partial charge on any atom is 0.407 e. The molecule has 2 unspecified atom stereocenters. The molecule has 0 rings (SSSR count). The smallest absolute Gasteiger partial charge is 0.407 e. The molecule has 0 bridgehead atoms. The number of carboxylic acids is 1. The van der Waals surface area contributed by atoms with Crippen LogP contribution < -0.4 is 5.32 Å². The minimum Gasteiger partial charge on any atom is -0.479 e. The van der Waals surface area contributed by atoms with Crippen LogP contribution in [0.15, 0.2) is 0 Å². The lowest BCUT2D eigenvalue weighted by Crippen LogP contribution is -2.48. The number of nitrogens with zero attached hydrogens (tertiary/aromatic N) is 1. The van der Waals surface area contributed by atoms with Crippen molar-refractivity contribution in [1.29, 1.82) is 0 Å². The van der Waals surface area contributed by atoms with Gasteiger partial charge in [-0.05, 0) is 27.2 Å². The quantitative estimate of drug-likeness (QED) is 0.288. The fourth-order valence-corrected chi connectivity index (χ4v) is 1.67. The fraction of sp³-hybridized carbons (Fsp3) is 0.867. The summed E-state index contributed by atoms with van der Waals surface area (Å²) in [6.45, 7) is 3.99. The second kappa shape index (κ2) is 12.4. The number of aliphatic hydroxyl groups excluding tert-OH is 1. The highest BCUT2D eigenvalue weighted by Gasteiger charge is 2.34. The first kappa shape index (κ1) is 29.9. The molecule has 0 aliphatic rings. The molecule has 0 radical (unpaired) electrons. The van der Waals surface area contributed by atoms with E-state index in [9.17, 15) is 51.2 Å². The zero-order valence-corrected chi connectivity index (χ0v) is 16.3. The molecule has 0 aromatic heterocycles. The van der Waals surface area contributed by atoms with Crippen LogP contribution in [0.2, 0.25) is 0 Å². The Hall–Kier alpha value is -2.32. The van der Waals surface area contributed by atoms with Crippen molar-refractivity contribution in [3.8, 4) is 0 Å². The molecule has 1 amide bonds. The molecule has 0 aromatic rings. The van der Waals surface area contributed by atoms with Crippen LogP contribution in [0.4, 0.5) is 31.1 Å². The third-order valence-electron chi connectivity index (χ3n) is 2.88. The van der Waals surface area contributed by atoms with Gasteiger partial charge in [-0.2, -0.15) is 26.3 Å². The monoisotopic (exact) mass is 458 g/mol. The van der Waals surface area contributed by atoms with Crippen molar-refractivity contribution < 1.29 is 55.8 Å². The zero-order valence-electron chi connectivity index (χ0n) is 16.3. The Morgan fingerprint density at radius 1 is 1.07 bits per heavy atom. The summed E-state index contributed by atoms with van der Waals surface area (Å²) in [6.07, 6.45) is -15.6. The van der Waals surface area contributed by atoms with Crippen LogP contribution in [0, 0.1) is 10.1 Å². The van der Waals surface area contributed by atoms with E-state index in [1.165, 1.54) is 20.8 Å². The summed E-state index contributed by atoms with van der Waals surface area (Å²) in [5.41, 5.74) is -0.896. The number of nitrogens with one attached hydrogen (secondary N) is 1. The van der Waals surface area contributed by atoms with E-state index in [-0.39, 0.29) is 0 Å². The Balaban J connectivity index is 0. The van der Waals surface area contributed by atoms with E-state index in [1.54, 1.807) is 0 Å². The predicted octanol–water partition coefficient (Wildman–Crippen LogP) is 3.27. The largest absolute Gasteiger partial charge is 0.479 e. The Bertz CT molecular complexity index is 561. The highest BCUT2D eigenvalue weighted by atomic mass is 19.4. The van der Waals surface area contributed by atoms with Crippen LogP contribution in [-0.2, 0) is 9.53 Å². The number of hydrogen-bond donors (Lipinski definition) is 3. The van der Waals surface area contributed by atoms with Crippen LogP contribution in [0.5, 0.6) is 0 Å². The number of alkyl carbamates (subject to hydrolysis) is 1. The van der Waals surface area contributed by atoms with Crippen LogP contribution >= 0.6 is 0 Å². The molecule has 0 aliphatic carbocycles. The van der Waals surface area contributed by atoms with Crippen LogP contribution in [0.25, 0.3) is 0 Å². The summed E-state index contributed by atoms with van der Waals surface area (Å²) in [4.78, 5) is 30.8. The van der Waals surface area contributed by atoms with Gasteiger partial charge >= 0.3 is 24.4 Å². The van der Waals surface area contributed by atoms with Crippen LogP contribution in [-0.4, -0.2) is 63.8 Å². The third-order valence-corrected chi connectivity index (χ3v) is 2.88. The van der Waals surface area contributed by atoms with Gasteiger partial charge in [0.05, 0.1) is 6.04 Å². The first-order chi connectivity index (χ1) is 13.2. The number of hydrogen-bond acceptors (Lipinski definition) is 6. The normalized spacial score (nSPS) is 14.1. The molecule has 0 saturated heterocycles. The third kappa shape index (κ3) is 20.4. The van der Waals surface area contributed by atoms with Gasteiger partial charge in [0.25, 0.3) is 0 Å². The van der Waals surface area contributed by atoms with Crippen molar-refractivity contribution in [3.05, 3.63) is 10.1 Å². The first-order valence-electron chi connectivity index (χ1n) is 8.39. The molecule has 0 aromatic carbocycles. The number of halogens is 6. The minimum absolute atomic E-state index is 0.434. The van der Waals surface area contributed by atoms with E-state index in [0.29, 0.717) is 0 Å². The molecule has 2 atom stereocenters. The summed E-state index contributed by atoms with van der Waals surface area (Å²) in [7, 11) is 0. The van der Waals surface area contributed by atoms with Gasteiger partial charge in [-0.1, -0.05) is 0 Å². The molecule has 0 spiro atoms. The highest BCUT2D eigenvalue weighted by molar-refractivity contribution is 5.75. The number of alkyl halides is 6. The van der Waals surface area contributed by atoms with E-state index < -0.39 is 79.3 Å². The number of rotatable bonds is 8. The molecule has 0 fully saturated rings. The van der Waals surface area contributed by atoms with Gasteiger partial charge in [0.2, 0.25) is 6.54 Å². The summed E-state index contributed by atoms with van der Waals surface area (Å²) >= 11 is 0. The maximum atomic E-state index is 12.1. The molecule has 30 heavy (non-hydrogen) atoms. The number of carboxylic acid groups (broad SMARTS) is 1. The van der Waals surface area contributed by atoms with Gasteiger partial charge in [0.15, 0.2) is 6.10 Å². The lowest BCUT2D eigenvalue weighted by Gasteiger charge is -2.25. The van der Waals surface area contributed by atoms with E-state index in [2.05, 4.69) is 0 Å². The topological polar surface area (TPSA) is 139 Å². The molecule has 3 N–H and O–H groups in total. The number of aliphatic carboxylic acids is 1. The molecule has 0 aliphatic heterocycles. The highest BCUT2D eigenvalue weighted by Crippen LogP contribution is 2.23. The van der Waals surface area contributed by atoms with Gasteiger partial charge in [-0.3, -0.25) is 10.1 Å². The summed E-state index contributed by atoms with van der Waals surface area (Å²) in [6, 6.07) is -1.59. The lowest BCUT2D eigenvalue weighted by molar-refractivity contribution is -0.481. The predicted molar refractivity (Wildman–Crippen MR) is 89.2 cm³/mol. The molecule has 9 nitrogen and oxygen atoms in total. The van der Waals surface area contributed by atoms with E-state index in [0.717, 1.165) is 0 Å². The van der Waals surface area contributed by atoms with Crippen molar-refractivity contribution in [3.63, 3.8) is 0 Å². The molecule has 178 valence electrons. The van der Waals surface area contributed by atoms with Gasteiger partial charge in [-0.25, -0.2) is 9.59 Å². The van der Waals surface area contributed by atoms with Crippen LogP contribution in [0.1, 0.15) is 46.5 Å². The lowest BCUT2D eigenvalue weighted by atomic mass is 10.1. The summed E-state index contributed by atoms with van der Waals surface area (Å²) in [5.74, 6) is -1.73. The maximum absolute atomic E-state index is 12.1. The standard InChI is InChI=1S/C11H18F3NO5.C4H6F3NO2/c1-10(2,3)20-9(19)15-6(7(16)8(17)18)4-5-11(12,13)14;5-4(6,7)2-1-3-8(9)10/h6-7,16H,4-5H2,1-3H3,(H,15,19)(H,17,18);1-3H2. The van der Waals surface area contributed by atoms with Crippen molar-refractivity contribution in [1.82, 2.24) is 5.32 Å². The van der Waals surface area contributed by atoms with Crippen molar-refractivity contribution in [2.45, 2.75) is 76.6 Å². The van der Waals surface area contributed by atoms with Crippen molar-refractivity contribution in [2.75, 3.05) is 6.54 Å².